The van der Waals surface area contributed by atoms with Gasteiger partial charge in [0.15, 0.2) is 0 Å². The van der Waals surface area contributed by atoms with Gasteiger partial charge in [-0.1, -0.05) is 5.10 Å². The highest BCUT2D eigenvalue weighted by molar-refractivity contribution is 5.26. The summed E-state index contributed by atoms with van der Waals surface area (Å²) < 4.78 is 16.8. The molecule has 0 saturated carbocycles. The van der Waals surface area contributed by atoms with Gasteiger partial charge < -0.3 is 18.5 Å². The maximum Gasteiger partial charge on any atom is 0.318 e. The van der Waals surface area contributed by atoms with Gasteiger partial charge in [-0.25, -0.2) is 0 Å². The molecule has 1 atom stereocenters. The van der Waals surface area contributed by atoms with Crippen LogP contribution in [0.3, 0.4) is 0 Å². The number of aryl methyl sites for hydroxylation is 1. The maximum atomic E-state index is 5.95. The largest absolute Gasteiger partial charge is 0.472 e. The standard InChI is InChI=1S/C17H24N4O3/c1-14-18-19-16(24-14)21-6-8-23-13-17(12-21)4-2-5-20(11-17)9-15-3-7-22-10-15/h3,7,10H,2,4-6,8-9,11-13H2,1H3/t17-/m1/s1. The van der Waals surface area contributed by atoms with E-state index in [2.05, 4.69) is 20.0 Å². The van der Waals surface area contributed by atoms with Crippen LogP contribution in [0.2, 0.25) is 0 Å². The van der Waals surface area contributed by atoms with Crippen LogP contribution in [0.4, 0.5) is 6.01 Å². The first-order valence-corrected chi connectivity index (χ1v) is 8.59. The molecule has 7 heteroatoms. The van der Waals surface area contributed by atoms with E-state index in [4.69, 9.17) is 13.6 Å². The third-order valence-electron chi connectivity index (χ3n) is 4.95. The average Bonchev–Trinajstić information content (AvgIpc) is 3.18. The molecule has 0 aromatic carbocycles. The summed E-state index contributed by atoms with van der Waals surface area (Å²) in [6, 6.07) is 2.66. The van der Waals surface area contributed by atoms with Crippen LogP contribution >= 0.6 is 0 Å². The molecule has 7 nitrogen and oxygen atoms in total. The second kappa shape index (κ2) is 6.57. The SMILES string of the molecule is Cc1nnc(N2CCOC[C@@]3(CCCN(Cc4ccoc4)C3)C2)o1. The molecule has 2 fully saturated rings. The van der Waals surface area contributed by atoms with E-state index in [1.54, 1.807) is 6.26 Å². The van der Waals surface area contributed by atoms with Crippen LogP contribution in [0, 0.1) is 12.3 Å². The summed E-state index contributed by atoms with van der Waals surface area (Å²) in [6.07, 6.45) is 5.91. The summed E-state index contributed by atoms with van der Waals surface area (Å²) in [4.78, 5) is 4.69. The summed E-state index contributed by atoms with van der Waals surface area (Å²) in [6.45, 7) is 8.07. The Balaban J connectivity index is 1.49. The summed E-state index contributed by atoms with van der Waals surface area (Å²) in [5, 5.41) is 8.17. The molecule has 0 aliphatic carbocycles. The van der Waals surface area contributed by atoms with Crippen molar-refractivity contribution in [2.24, 2.45) is 5.41 Å². The van der Waals surface area contributed by atoms with Crippen LogP contribution in [0.1, 0.15) is 24.3 Å². The number of furan rings is 1. The Bertz CT molecular complexity index is 657. The molecule has 0 radical (unpaired) electrons. The first-order valence-electron chi connectivity index (χ1n) is 8.59. The second-order valence-electron chi connectivity index (χ2n) is 7.02. The highest BCUT2D eigenvalue weighted by Gasteiger charge is 2.40. The number of hydrogen-bond donors (Lipinski definition) is 0. The number of piperidine rings is 1. The summed E-state index contributed by atoms with van der Waals surface area (Å²) in [5.74, 6) is 0.606. The van der Waals surface area contributed by atoms with E-state index in [1.165, 1.54) is 18.4 Å². The Morgan fingerprint density at radius 3 is 3.00 bits per heavy atom. The monoisotopic (exact) mass is 332 g/mol. The number of aromatic nitrogens is 2. The van der Waals surface area contributed by atoms with Crippen LogP contribution < -0.4 is 4.90 Å². The molecule has 2 aromatic rings. The van der Waals surface area contributed by atoms with Crippen molar-refractivity contribution in [1.82, 2.24) is 15.1 Å². The lowest BCUT2D eigenvalue weighted by molar-refractivity contribution is 0.0105. The molecular formula is C17H24N4O3. The number of ether oxygens (including phenoxy) is 1. The minimum atomic E-state index is 0.112. The molecule has 0 amide bonds. The van der Waals surface area contributed by atoms with Crippen molar-refractivity contribution < 1.29 is 13.6 Å². The maximum absolute atomic E-state index is 5.95. The average molecular weight is 332 g/mol. The van der Waals surface area contributed by atoms with Gasteiger partial charge in [0.25, 0.3) is 0 Å². The van der Waals surface area contributed by atoms with E-state index in [-0.39, 0.29) is 5.41 Å². The van der Waals surface area contributed by atoms with Gasteiger partial charge >= 0.3 is 6.01 Å². The minimum absolute atomic E-state index is 0.112. The van der Waals surface area contributed by atoms with E-state index in [1.807, 2.05) is 19.3 Å². The van der Waals surface area contributed by atoms with E-state index in [0.717, 1.165) is 39.3 Å². The molecule has 4 heterocycles. The normalized spacial score (nSPS) is 26.0. The topological polar surface area (TPSA) is 67.8 Å². The Labute approximate surface area is 141 Å². The van der Waals surface area contributed by atoms with Gasteiger partial charge in [-0.15, -0.1) is 5.10 Å². The number of nitrogens with zero attached hydrogens (tertiary/aromatic N) is 4. The molecule has 0 N–H and O–H groups in total. The molecule has 2 saturated heterocycles. The van der Waals surface area contributed by atoms with Crippen molar-refractivity contribution >= 4 is 6.01 Å². The van der Waals surface area contributed by atoms with E-state index < -0.39 is 0 Å². The van der Waals surface area contributed by atoms with Crippen molar-refractivity contribution in [2.75, 3.05) is 44.3 Å². The smallest absolute Gasteiger partial charge is 0.318 e. The quantitative estimate of drug-likeness (QED) is 0.852. The van der Waals surface area contributed by atoms with E-state index in [9.17, 15) is 0 Å². The molecule has 4 rings (SSSR count). The van der Waals surface area contributed by atoms with Crippen LogP contribution in [0.25, 0.3) is 0 Å². The summed E-state index contributed by atoms with van der Waals surface area (Å²) in [5.41, 5.74) is 1.34. The molecular weight excluding hydrogens is 308 g/mol. The van der Waals surface area contributed by atoms with Crippen LogP contribution in [0.15, 0.2) is 27.4 Å². The minimum Gasteiger partial charge on any atom is -0.472 e. The summed E-state index contributed by atoms with van der Waals surface area (Å²) in [7, 11) is 0. The third kappa shape index (κ3) is 3.32. The zero-order valence-corrected chi connectivity index (χ0v) is 14.1. The number of likely N-dealkylation sites (tertiary alicyclic amines) is 1. The van der Waals surface area contributed by atoms with Gasteiger partial charge in [0.2, 0.25) is 5.89 Å². The van der Waals surface area contributed by atoms with Gasteiger partial charge in [-0.2, -0.15) is 0 Å². The van der Waals surface area contributed by atoms with Crippen molar-refractivity contribution in [1.29, 1.82) is 0 Å². The van der Waals surface area contributed by atoms with Gasteiger partial charge in [-0.3, -0.25) is 4.90 Å². The highest BCUT2D eigenvalue weighted by Crippen LogP contribution is 2.34. The first-order chi connectivity index (χ1) is 11.7. The molecule has 2 aromatic heterocycles. The molecule has 2 aliphatic heterocycles. The lowest BCUT2D eigenvalue weighted by Crippen LogP contribution is -2.50. The predicted molar refractivity (Wildman–Crippen MR) is 87.7 cm³/mol. The van der Waals surface area contributed by atoms with Crippen LogP contribution in [0.5, 0.6) is 0 Å². The zero-order chi connectivity index (χ0) is 16.4. The lowest BCUT2D eigenvalue weighted by atomic mass is 9.80. The molecule has 1 spiro atoms. The fraction of sp³-hybridized carbons (Fsp3) is 0.647. The lowest BCUT2D eigenvalue weighted by Gasteiger charge is -2.43. The van der Waals surface area contributed by atoms with Gasteiger partial charge in [0.1, 0.15) is 0 Å². The van der Waals surface area contributed by atoms with Gasteiger partial charge in [0.05, 0.1) is 25.7 Å². The summed E-state index contributed by atoms with van der Waals surface area (Å²) >= 11 is 0. The fourth-order valence-electron chi connectivity index (χ4n) is 3.90. The van der Waals surface area contributed by atoms with Gasteiger partial charge in [-0.05, 0) is 25.5 Å². The zero-order valence-electron chi connectivity index (χ0n) is 14.1. The molecule has 24 heavy (non-hydrogen) atoms. The van der Waals surface area contributed by atoms with Crippen molar-refractivity contribution in [3.8, 4) is 0 Å². The van der Waals surface area contributed by atoms with Gasteiger partial charge in [0, 0.05) is 44.1 Å². The number of anilines is 1. The highest BCUT2D eigenvalue weighted by atomic mass is 16.5. The molecule has 130 valence electrons. The molecule has 2 aliphatic rings. The Kier molecular flexibility index (Phi) is 4.28. The molecule has 0 unspecified atom stereocenters. The third-order valence-corrected chi connectivity index (χ3v) is 4.95. The number of hydrogen-bond acceptors (Lipinski definition) is 7. The van der Waals surface area contributed by atoms with Crippen molar-refractivity contribution in [3.63, 3.8) is 0 Å². The van der Waals surface area contributed by atoms with Crippen LogP contribution in [-0.4, -0.2) is 54.5 Å². The van der Waals surface area contributed by atoms with E-state index in [0.29, 0.717) is 18.5 Å². The Morgan fingerprint density at radius 1 is 1.25 bits per heavy atom. The Hall–Kier alpha value is -1.86. The number of rotatable bonds is 3. The van der Waals surface area contributed by atoms with Crippen LogP contribution in [-0.2, 0) is 11.3 Å². The molecule has 0 bridgehead atoms. The second-order valence-corrected chi connectivity index (χ2v) is 7.02. The van der Waals surface area contributed by atoms with E-state index >= 15 is 0 Å². The Morgan fingerprint density at radius 2 is 2.21 bits per heavy atom. The predicted octanol–water partition coefficient (Wildman–Crippen LogP) is 2.09. The van der Waals surface area contributed by atoms with Crippen molar-refractivity contribution in [3.05, 3.63) is 30.0 Å². The van der Waals surface area contributed by atoms with Crippen molar-refractivity contribution in [2.45, 2.75) is 26.3 Å². The first kappa shape index (κ1) is 15.7. The fourth-order valence-corrected chi connectivity index (χ4v) is 3.90.